The van der Waals surface area contributed by atoms with E-state index in [2.05, 4.69) is 14.7 Å². The van der Waals surface area contributed by atoms with Gasteiger partial charge in [0, 0.05) is 45.7 Å². The normalized spacial score (nSPS) is 20.1. The lowest BCUT2D eigenvalue weighted by Crippen LogP contribution is -2.49. The molecule has 0 N–H and O–H groups in total. The molecule has 6 heteroatoms. The summed E-state index contributed by atoms with van der Waals surface area (Å²) in [7, 11) is 0. The van der Waals surface area contributed by atoms with Gasteiger partial charge in [0.2, 0.25) is 0 Å². The van der Waals surface area contributed by atoms with Crippen LogP contribution >= 0.6 is 0 Å². The van der Waals surface area contributed by atoms with Gasteiger partial charge in [-0.1, -0.05) is 20.8 Å². The highest BCUT2D eigenvalue weighted by molar-refractivity contribution is 5.79. The predicted molar refractivity (Wildman–Crippen MR) is 110 cm³/mol. The van der Waals surface area contributed by atoms with Gasteiger partial charge in [-0.25, -0.2) is 0 Å². The second-order valence-electron chi connectivity index (χ2n) is 7.51. The number of likely N-dealkylation sites (tertiary alicyclic amines) is 1. The average molecular weight is 384 g/mol. The summed E-state index contributed by atoms with van der Waals surface area (Å²) in [5.74, 6) is 1.23. The van der Waals surface area contributed by atoms with Gasteiger partial charge in [0.15, 0.2) is 5.78 Å². The molecule has 0 amide bonds. The first-order valence-corrected chi connectivity index (χ1v) is 10.8. The maximum Gasteiger partial charge on any atom is 0.158 e. The number of carbonyl (C=O) groups is 2. The predicted octanol–water partition coefficient (Wildman–Crippen LogP) is 1.93. The third kappa shape index (κ3) is 10.3. The van der Waals surface area contributed by atoms with Crippen molar-refractivity contribution in [1.29, 1.82) is 0 Å². The van der Waals surface area contributed by atoms with Crippen LogP contribution in [-0.2, 0) is 14.3 Å². The number of nitrogens with zero attached hydrogens (tertiary/aromatic N) is 3. The van der Waals surface area contributed by atoms with Crippen LogP contribution < -0.4 is 0 Å². The smallest absolute Gasteiger partial charge is 0.158 e. The molecule has 0 unspecified atom stereocenters. The van der Waals surface area contributed by atoms with Crippen molar-refractivity contribution in [3.05, 3.63) is 0 Å². The van der Waals surface area contributed by atoms with Gasteiger partial charge in [0.25, 0.3) is 0 Å². The van der Waals surface area contributed by atoms with Gasteiger partial charge in [-0.2, -0.15) is 0 Å². The van der Waals surface area contributed by atoms with Crippen LogP contribution in [0.2, 0.25) is 0 Å². The molecule has 2 fully saturated rings. The standard InChI is InChI=1S/C19H35N3O3.C2H6/c1-3-19(24)16-25-13-12-20-8-10-22(11-9-20)15-18-4-6-21(7-5-18)14-17(2)23;1-2/h18H,3-16H2,1-2H3;1-2H3. The zero-order chi connectivity index (χ0) is 20.1. The molecule has 6 nitrogen and oxygen atoms in total. The number of ether oxygens (including phenoxy) is 1. The zero-order valence-corrected chi connectivity index (χ0v) is 18.0. The fourth-order valence-corrected chi connectivity index (χ4v) is 3.68. The van der Waals surface area contributed by atoms with Crippen LogP contribution in [-0.4, -0.2) is 98.4 Å². The summed E-state index contributed by atoms with van der Waals surface area (Å²) < 4.78 is 5.44. The Morgan fingerprint density at radius 3 is 2.07 bits per heavy atom. The summed E-state index contributed by atoms with van der Waals surface area (Å²) in [6.07, 6.45) is 2.99. The zero-order valence-electron chi connectivity index (χ0n) is 18.0. The third-order valence-corrected chi connectivity index (χ3v) is 5.34. The Hall–Kier alpha value is -0.820. The second kappa shape index (κ2) is 14.2. The molecule has 2 aliphatic rings. The molecule has 2 saturated heterocycles. The molecule has 0 aliphatic carbocycles. The molecule has 0 aromatic heterocycles. The Balaban J connectivity index is 0.00000176. The highest BCUT2D eigenvalue weighted by Gasteiger charge is 2.24. The Labute approximate surface area is 166 Å². The average Bonchev–Trinajstić information content (AvgIpc) is 2.69. The van der Waals surface area contributed by atoms with E-state index in [0.29, 0.717) is 19.6 Å². The number of ketones is 2. The van der Waals surface area contributed by atoms with Crippen molar-refractivity contribution < 1.29 is 14.3 Å². The summed E-state index contributed by atoms with van der Waals surface area (Å²) in [6, 6.07) is 0. The first-order chi connectivity index (χ1) is 13.1. The molecule has 0 saturated carbocycles. The highest BCUT2D eigenvalue weighted by Crippen LogP contribution is 2.19. The first kappa shape index (κ1) is 24.2. The van der Waals surface area contributed by atoms with Crippen molar-refractivity contribution >= 4 is 11.6 Å². The molecule has 158 valence electrons. The van der Waals surface area contributed by atoms with Crippen LogP contribution in [0.5, 0.6) is 0 Å². The van der Waals surface area contributed by atoms with E-state index in [1.165, 1.54) is 19.4 Å². The minimum atomic E-state index is 0.180. The summed E-state index contributed by atoms with van der Waals surface area (Å²) in [5.41, 5.74) is 0. The topological polar surface area (TPSA) is 53.1 Å². The van der Waals surface area contributed by atoms with Gasteiger partial charge in [-0.3, -0.25) is 19.4 Å². The van der Waals surface area contributed by atoms with Crippen molar-refractivity contribution in [2.24, 2.45) is 5.92 Å². The van der Waals surface area contributed by atoms with Crippen molar-refractivity contribution in [3.63, 3.8) is 0 Å². The molecule has 27 heavy (non-hydrogen) atoms. The molecular weight excluding hydrogens is 342 g/mol. The van der Waals surface area contributed by atoms with Gasteiger partial charge in [-0.05, 0) is 38.8 Å². The largest absolute Gasteiger partial charge is 0.372 e. The number of piperazine rings is 1. The molecule has 0 aromatic carbocycles. The fraction of sp³-hybridized carbons (Fsp3) is 0.905. The minimum absolute atomic E-state index is 0.180. The summed E-state index contributed by atoms with van der Waals surface area (Å²) >= 11 is 0. The van der Waals surface area contributed by atoms with E-state index in [0.717, 1.165) is 51.7 Å². The van der Waals surface area contributed by atoms with E-state index < -0.39 is 0 Å². The molecule has 0 radical (unpaired) electrons. The SMILES string of the molecule is CC.CCC(=O)COCCN1CCN(CC2CCN(CC(C)=O)CC2)CC1. The van der Waals surface area contributed by atoms with Crippen molar-refractivity contribution in [2.45, 2.75) is 47.0 Å². The maximum atomic E-state index is 11.2. The Morgan fingerprint density at radius 2 is 1.52 bits per heavy atom. The molecule has 0 aromatic rings. The lowest BCUT2D eigenvalue weighted by molar-refractivity contribution is -0.123. The van der Waals surface area contributed by atoms with E-state index in [4.69, 9.17) is 4.74 Å². The summed E-state index contributed by atoms with van der Waals surface area (Å²) in [6.45, 7) is 17.8. The van der Waals surface area contributed by atoms with Crippen molar-refractivity contribution in [1.82, 2.24) is 14.7 Å². The minimum Gasteiger partial charge on any atom is -0.372 e. The summed E-state index contributed by atoms with van der Waals surface area (Å²) in [5, 5.41) is 0. The fourth-order valence-electron chi connectivity index (χ4n) is 3.68. The van der Waals surface area contributed by atoms with E-state index in [1.807, 2.05) is 20.8 Å². The monoisotopic (exact) mass is 383 g/mol. The quantitative estimate of drug-likeness (QED) is 0.537. The Morgan fingerprint density at radius 1 is 0.926 bits per heavy atom. The van der Waals surface area contributed by atoms with Crippen LogP contribution in [0.25, 0.3) is 0 Å². The molecule has 0 spiro atoms. The third-order valence-electron chi connectivity index (χ3n) is 5.34. The second-order valence-corrected chi connectivity index (χ2v) is 7.51. The molecule has 0 bridgehead atoms. The highest BCUT2D eigenvalue weighted by atomic mass is 16.5. The van der Waals surface area contributed by atoms with Crippen LogP contribution in [0.4, 0.5) is 0 Å². The van der Waals surface area contributed by atoms with Gasteiger partial charge in [0.05, 0.1) is 13.2 Å². The number of hydrogen-bond acceptors (Lipinski definition) is 6. The van der Waals surface area contributed by atoms with Crippen LogP contribution in [0.15, 0.2) is 0 Å². The Bertz CT molecular complexity index is 415. The van der Waals surface area contributed by atoms with Crippen LogP contribution in [0.3, 0.4) is 0 Å². The Kier molecular flexibility index (Phi) is 12.8. The van der Waals surface area contributed by atoms with E-state index in [-0.39, 0.29) is 18.2 Å². The molecule has 2 rings (SSSR count). The lowest BCUT2D eigenvalue weighted by Gasteiger charge is -2.38. The maximum absolute atomic E-state index is 11.2. The number of hydrogen-bond donors (Lipinski definition) is 0. The van der Waals surface area contributed by atoms with Gasteiger partial charge in [-0.15, -0.1) is 0 Å². The van der Waals surface area contributed by atoms with Crippen molar-refractivity contribution in [2.75, 3.05) is 72.1 Å². The van der Waals surface area contributed by atoms with Crippen LogP contribution in [0.1, 0.15) is 47.0 Å². The molecular formula is C21H41N3O3. The lowest BCUT2D eigenvalue weighted by atomic mass is 9.96. The summed E-state index contributed by atoms with van der Waals surface area (Å²) in [4.78, 5) is 29.7. The number of carbonyl (C=O) groups excluding carboxylic acids is 2. The van der Waals surface area contributed by atoms with Gasteiger partial charge < -0.3 is 9.64 Å². The number of rotatable bonds is 10. The number of piperidine rings is 1. The van der Waals surface area contributed by atoms with Gasteiger partial charge in [0.1, 0.15) is 12.4 Å². The molecule has 0 atom stereocenters. The molecule has 2 aliphatic heterocycles. The van der Waals surface area contributed by atoms with Gasteiger partial charge >= 0.3 is 0 Å². The van der Waals surface area contributed by atoms with Crippen LogP contribution in [0, 0.1) is 5.92 Å². The van der Waals surface area contributed by atoms with E-state index in [9.17, 15) is 9.59 Å². The van der Waals surface area contributed by atoms with E-state index >= 15 is 0 Å². The van der Waals surface area contributed by atoms with E-state index in [1.54, 1.807) is 6.92 Å². The number of Topliss-reactive ketones (excluding diaryl/α,β-unsaturated/α-hetero) is 2. The van der Waals surface area contributed by atoms with Crippen molar-refractivity contribution in [3.8, 4) is 0 Å². The molecule has 2 heterocycles. The first-order valence-electron chi connectivity index (χ1n) is 10.8.